The van der Waals surface area contributed by atoms with Gasteiger partial charge >= 0.3 is 0 Å². The van der Waals surface area contributed by atoms with Crippen molar-refractivity contribution >= 4 is 33.4 Å². The molecular formula is C23H27BrN4O3. The first-order chi connectivity index (χ1) is 14.7. The van der Waals surface area contributed by atoms with E-state index in [1.165, 1.54) is 6.08 Å². The summed E-state index contributed by atoms with van der Waals surface area (Å²) in [6, 6.07) is 5.67. The Morgan fingerprint density at radius 1 is 1.16 bits per heavy atom. The van der Waals surface area contributed by atoms with E-state index in [0.29, 0.717) is 37.3 Å². The maximum absolute atomic E-state index is 13.0. The number of hydrogen-bond donors (Lipinski definition) is 2. The average molecular weight is 487 g/mol. The van der Waals surface area contributed by atoms with Crippen LogP contribution in [0.25, 0.3) is 0 Å². The largest absolute Gasteiger partial charge is 0.368 e. The maximum atomic E-state index is 13.0. The van der Waals surface area contributed by atoms with E-state index in [1.807, 2.05) is 32.9 Å². The van der Waals surface area contributed by atoms with E-state index in [4.69, 9.17) is 0 Å². The van der Waals surface area contributed by atoms with Gasteiger partial charge in [-0.2, -0.15) is 0 Å². The summed E-state index contributed by atoms with van der Waals surface area (Å²) in [5.41, 5.74) is 4.37. The number of aromatic nitrogens is 1. The smallest absolute Gasteiger partial charge is 0.253 e. The average Bonchev–Trinajstić information content (AvgIpc) is 2.73. The summed E-state index contributed by atoms with van der Waals surface area (Å²) in [5.74, 6) is -0.299. The molecule has 2 amide bonds. The second-order valence-corrected chi connectivity index (χ2v) is 8.66. The van der Waals surface area contributed by atoms with E-state index in [0.717, 1.165) is 27.0 Å². The molecule has 0 radical (unpaired) electrons. The number of carbonyl (C=O) groups is 2. The van der Waals surface area contributed by atoms with Crippen molar-refractivity contribution < 1.29 is 9.59 Å². The molecule has 2 N–H and O–H groups in total. The van der Waals surface area contributed by atoms with Crippen molar-refractivity contribution in [3.63, 3.8) is 0 Å². The Hall–Kier alpha value is -2.87. The minimum absolute atomic E-state index is 0.0629. The fourth-order valence-corrected chi connectivity index (χ4v) is 4.34. The van der Waals surface area contributed by atoms with Crippen molar-refractivity contribution in [3.8, 4) is 0 Å². The van der Waals surface area contributed by atoms with Crippen LogP contribution in [0.1, 0.15) is 32.7 Å². The third kappa shape index (κ3) is 5.07. The van der Waals surface area contributed by atoms with Gasteiger partial charge in [0.05, 0.1) is 0 Å². The van der Waals surface area contributed by atoms with Crippen molar-refractivity contribution in [2.75, 3.05) is 31.1 Å². The lowest BCUT2D eigenvalue weighted by molar-refractivity contribution is -0.126. The normalized spacial score (nSPS) is 13.8. The Labute approximate surface area is 190 Å². The molecule has 3 rings (SSSR count). The molecule has 0 bridgehead atoms. The zero-order chi connectivity index (χ0) is 22.7. The lowest BCUT2D eigenvalue weighted by Crippen LogP contribution is -2.48. The number of amides is 2. The molecule has 0 atom stereocenters. The molecule has 0 saturated carbocycles. The van der Waals surface area contributed by atoms with E-state index >= 15 is 0 Å². The van der Waals surface area contributed by atoms with Crippen LogP contribution in [-0.4, -0.2) is 47.9 Å². The molecular weight excluding hydrogens is 460 g/mol. The van der Waals surface area contributed by atoms with E-state index in [-0.39, 0.29) is 23.9 Å². The van der Waals surface area contributed by atoms with Crippen LogP contribution >= 0.6 is 15.9 Å². The molecule has 1 aliphatic heterocycles. The molecule has 31 heavy (non-hydrogen) atoms. The van der Waals surface area contributed by atoms with Crippen LogP contribution in [-0.2, 0) is 11.3 Å². The monoisotopic (exact) mass is 486 g/mol. The van der Waals surface area contributed by atoms with Gasteiger partial charge in [0.15, 0.2) is 0 Å². The summed E-state index contributed by atoms with van der Waals surface area (Å²) in [4.78, 5) is 43.8. The van der Waals surface area contributed by atoms with Crippen LogP contribution in [0.4, 0.5) is 5.69 Å². The minimum Gasteiger partial charge on any atom is -0.368 e. The van der Waals surface area contributed by atoms with Crippen LogP contribution in [0.2, 0.25) is 0 Å². The number of halogens is 1. The third-order valence-electron chi connectivity index (χ3n) is 5.62. The highest BCUT2D eigenvalue weighted by Gasteiger charge is 2.23. The Kier molecular flexibility index (Phi) is 7.00. The molecule has 164 valence electrons. The second kappa shape index (κ2) is 9.51. The van der Waals surface area contributed by atoms with Gasteiger partial charge in [-0.05, 0) is 56.2 Å². The topological polar surface area (TPSA) is 85.5 Å². The Balaban J connectivity index is 1.78. The van der Waals surface area contributed by atoms with Crippen molar-refractivity contribution in [1.82, 2.24) is 15.2 Å². The van der Waals surface area contributed by atoms with Crippen LogP contribution < -0.4 is 15.8 Å². The molecule has 1 aromatic heterocycles. The Morgan fingerprint density at radius 2 is 1.84 bits per heavy atom. The predicted octanol–water partition coefficient (Wildman–Crippen LogP) is 2.83. The van der Waals surface area contributed by atoms with Crippen LogP contribution in [0.5, 0.6) is 0 Å². The van der Waals surface area contributed by atoms with Gasteiger partial charge in [0.2, 0.25) is 5.91 Å². The molecule has 8 heteroatoms. The van der Waals surface area contributed by atoms with Crippen LogP contribution in [0.3, 0.4) is 0 Å². The van der Waals surface area contributed by atoms with Crippen molar-refractivity contribution in [2.45, 2.75) is 27.3 Å². The number of carbonyl (C=O) groups excluding carboxylic acids is 2. The summed E-state index contributed by atoms with van der Waals surface area (Å²) in [7, 11) is 0. The number of H-pyrrole nitrogens is 1. The highest BCUT2D eigenvalue weighted by Crippen LogP contribution is 2.29. The van der Waals surface area contributed by atoms with Gasteiger partial charge in [0, 0.05) is 59.7 Å². The highest BCUT2D eigenvalue weighted by molar-refractivity contribution is 9.10. The summed E-state index contributed by atoms with van der Waals surface area (Å²) in [6.07, 6.45) is 1.34. The van der Waals surface area contributed by atoms with Crippen molar-refractivity contribution in [3.05, 3.63) is 73.6 Å². The lowest BCUT2D eigenvalue weighted by atomic mass is 10.0. The number of nitrogens with zero attached hydrogens (tertiary/aromatic N) is 2. The molecule has 0 aliphatic carbocycles. The zero-order valence-electron chi connectivity index (χ0n) is 18.0. The first-order valence-electron chi connectivity index (χ1n) is 10.1. The van der Waals surface area contributed by atoms with Crippen molar-refractivity contribution in [2.24, 2.45) is 0 Å². The molecule has 0 spiro atoms. The van der Waals surface area contributed by atoms with Gasteiger partial charge in [0.1, 0.15) is 0 Å². The van der Waals surface area contributed by atoms with Crippen molar-refractivity contribution in [1.29, 1.82) is 0 Å². The van der Waals surface area contributed by atoms with E-state index in [2.05, 4.69) is 37.7 Å². The number of rotatable bonds is 5. The number of nitrogens with one attached hydrogen (secondary N) is 2. The van der Waals surface area contributed by atoms with Gasteiger partial charge in [-0.25, -0.2) is 0 Å². The minimum atomic E-state index is -0.236. The number of anilines is 1. The number of pyridine rings is 1. The first-order valence-corrected chi connectivity index (χ1v) is 10.9. The zero-order valence-corrected chi connectivity index (χ0v) is 19.6. The molecule has 1 aliphatic rings. The molecule has 1 fully saturated rings. The van der Waals surface area contributed by atoms with Gasteiger partial charge in [0.25, 0.3) is 11.5 Å². The number of aromatic amines is 1. The van der Waals surface area contributed by atoms with E-state index in [9.17, 15) is 14.4 Å². The number of benzene rings is 1. The summed E-state index contributed by atoms with van der Waals surface area (Å²) < 4.78 is 0.798. The summed E-state index contributed by atoms with van der Waals surface area (Å²) in [5, 5.41) is 2.88. The molecule has 1 aromatic carbocycles. The van der Waals surface area contributed by atoms with Crippen LogP contribution in [0.15, 0.2) is 40.1 Å². The SMILES string of the molecule is C=CC(=O)N1CCN(c2cc(Br)cc(C(=O)NCc3c(C)cc(C)[nH]c3=O)c2C)CC1. The highest BCUT2D eigenvalue weighted by atomic mass is 79.9. The number of piperazine rings is 1. The van der Waals surface area contributed by atoms with Gasteiger partial charge in [-0.1, -0.05) is 22.5 Å². The summed E-state index contributed by atoms with van der Waals surface area (Å²) in [6.45, 7) is 11.9. The molecule has 7 nitrogen and oxygen atoms in total. The third-order valence-corrected chi connectivity index (χ3v) is 6.07. The first kappa shape index (κ1) is 22.8. The predicted molar refractivity (Wildman–Crippen MR) is 126 cm³/mol. The van der Waals surface area contributed by atoms with Gasteiger partial charge < -0.3 is 20.1 Å². The molecule has 0 unspecified atom stereocenters. The molecule has 1 saturated heterocycles. The van der Waals surface area contributed by atoms with E-state index < -0.39 is 0 Å². The molecule has 2 aromatic rings. The quantitative estimate of drug-likeness (QED) is 0.636. The van der Waals surface area contributed by atoms with Crippen LogP contribution in [0, 0.1) is 20.8 Å². The number of hydrogen-bond acceptors (Lipinski definition) is 4. The van der Waals surface area contributed by atoms with Gasteiger partial charge in [-0.3, -0.25) is 14.4 Å². The Bertz CT molecular complexity index is 1080. The molecule has 2 heterocycles. The Morgan fingerprint density at radius 3 is 2.45 bits per heavy atom. The van der Waals surface area contributed by atoms with E-state index in [1.54, 1.807) is 11.0 Å². The number of aryl methyl sites for hydroxylation is 2. The second-order valence-electron chi connectivity index (χ2n) is 7.74. The fourth-order valence-electron chi connectivity index (χ4n) is 3.89. The van der Waals surface area contributed by atoms with Gasteiger partial charge in [-0.15, -0.1) is 0 Å². The maximum Gasteiger partial charge on any atom is 0.253 e. The fraction of sp³-hybridized carbons (Fsp3) is 0.348. The summed E-state index contributed by atoms with van der Waals surface area (Å²) >= 11 is 3.52. The standard InChI is InChI=1S/C23H27BrN4O3/c1-5-21(29)28-8-6-27(7-9-28)20-12-17(24)11-18(16(20)4)22(30)25-13-19-14(2)10-15(3)26-23(19)31/h5,10-12H,1,6-9,13H2,2-4H3,(H,25,30)(H,26,31). The lowest BCUT2D eigenvalue weighted by Gasteiger charge is -2.36.